The first kappa shape index (κ1) is 15.6. The first-order valence-electron chi connectivity index (χ1n) is 7.48. The molecule has 6 nitrogen and oxygen atoms in total. The summed E-state index contributed by atoms with van der Waals surface area (Å²) < 4.78 is 10.7. The van der Waals surface area contributed by atoms with Gasteiger partial charge in [0.25, 0.3) is 0 Å². The molecule has 0 saturated heterocycles. The Hall–Kier alpha value is -2.28. The molecule has 7 heteroatoms. The fourth-order valence-electron chi connectivity index (χ4n) is 2.30. The van der Waals surface area contributed by atoms with Gasteiger partial charge in [0, 0.05) is 18.5 Å². The molecule has 1 aromatic carbocycles. The Balaban J connectivity index is 1.46. The minimum Gasteiger partial charge on any atom is -0.454 e. The molecule has 2 heterocycles. The predicted molar refractivity (Wildman–Crippen MR) is 91.3 cm³/mol. The normalized spacial score (nSPS) is 13.2. The smallest absolute Gasteiger partial charge is 0.231 e. The number of aryl methyl sites for hydroxylation is 1. The van der Waals surface area contributed by atoms with Crippen molar-refractivity contribution in [2.75, 3.05) is 20.4 Å². The van der Waals surface area contributed by atoms with Crippen LogP contribution in [-0.2, 0) is 13.0 Å². The van der Waals surface area contributed by atoms with Crippen LogP contribution in [0.2, 0.25) is 0 Å². The first-order valence-corrected chi connectivity index (χ1v) is 8.36. The van der Waals surface area contributed by atoms with Crippen molar-refractivity contribution in [2.45, 2.75) is 19.9 Å². The number of hydrogen-bond acceptors (Lipinski definition) is 5. The second-order valence-corrected chi connectivity index (χ2v) is 6.09. The van der Waals surface area contributed by atoms with E-state index in [-0.39, 0.29) is 0 Å². The number of benzene rings is 1. The summed E-state index contributed by atoms with van der Waals surface area (Å²) in [7, 11) is 1.77. The maximum Gasteiger partial charge on any atom is 0.231 e. The summed E-state index contributed by atoms with van der Waals surface area (Å²) in [6.07, 6.45) is 0.886. The summed E-state index contributed by atoms with van der Waals surface area (Å²) >= 11 is 1.65. The lowest BCUT2D eigenvalue weighted by Crippen LogP contribution is -2.37. The van der Waals surface area contributed by atoms with E-state index in [9.17, 15) is 0 Å². The van der Waals surface area contributed by atoms with Gasteiger partial charge < -0.3 is 20.1 Å². The van der Waals surface area contributed by atoms with Crippen LogP contribution < -0.4 is 20.1 Å². The van der Waals surface area contributed by atoms with Crippen LogP contribution in [0.25, 0.3) is 0 Å². The van der Waals surface area contributed by atoms with Crippen molar-refractivity contribution in [2.24, 2.45) is 4.99 Å². The van der Waals surface area contributed by atoms with Gasteiger partial charge in [-0.15, -0.1) is 11.3 Å². The van der Waals surface area contributed by atoms with Crippen LogP contribution in [0.1, 0.15) is 16.1 Å². The summed E-state index contributed by atoms with van der Waals surface area (Å²) in [5.74, 6) is 2.43. The highest BCUT2D eigenvalue weighted by Gasteiger charge is 2.13. The lowest BCUT2D eigenvalue weighted by molar-refractivity contribution is 0.174. The third-order valence-electron chi connectivity index (χ3n) is 3.63. The monoisotopic (exact) mass is 332 g/mol. The van der Waals surface area contributed by atoms with Gasteiger partial charge in [-0.1, -0.05) is 6.07 Å². The molecule has 0 amide bonds. The Morgan fingerprint density at radius 1 is 1.30 bits per heavy atom. The Bertz CT molecular complexity index is 699. The van der Waals surface area contributed by atoms with Crippen molar-refractivity contribution in [3.8, 4) is 11.5 Å². The maximum absolute atomic E-state index is 5.40. The van der Waals surface area contributed by atoms with E-state index < -0.39 is 0 Å². The van der Waals surface area contributed by atoms with Crippen LogP contribution in [0.3, 0.4) is 0 Å². The fourth-order valence-corrected chi connectivity index (χ4v) is 3.02. The number of guanidine groups is 1. The Kier molecular flexibility index (Phi) is 4.97. The Morgan fingerprint density at radius 3 is 2.96 bits per heavy atom. The highest BCUT2D eigenvalue weighted by Crippen LogP contribution is 2.32. The predicted octanol–water partition coefficient (Wildman–Crippen LogP) is 2.09. The Morgan fingerprint density at radius 2 is 2.17 bits per heavy atom. The van der Waals surface area contributed by atoms with Crippen LogP contribution >= 0.6 is 11.3 Å². The van der Waals surface area contributed by atoms with Crippen LogP contribution in [0.15, 0.2) is 28.7 Å². The minimum absolute atomic E-state index is 0.310. The van der Waals surface area contributed by atoms with Crippen LogP contribution in [0, 0.1) is 6.92 Å². The molecular formula is C16H20N4O2S. The van der Waals surface area contributed by atoms with Crippen molar-refractivity contribution in [3.63, 3.8) is 0 Å². The molecule has 0 radical (unpaired) electrons. The standard InChI is InChI=1S/C16H20N4O2S/c1-11-15(23-9-20-11)8-19-16(17-2)18-6-5-12-3-4-13-14(7-12)22-10-21-13/h3-4,7,9H,5-6,8,10H2,1-2H3,(H2,17,18,19). The van der Waals surface area contributed by atoms with Gasteiger partial charge in [-0.2, -0.15) is 0 Å². The zero-order chi connectivity index (χ0) is 16.1. The summed E-state index contributed by atoms with van der Waals surface area (Å²) in [5.41, 5.74) is 4.14. The lowest BCUT2D eigenvalue weighted by atomic mass is 10.1. The third kappa shape index (κ3) is 3.92. The van der Waals surface area contributed by atoms with Gasteiger partial charge >= 0.3 is 0 Å². The fraction of sp³-hybridized carbons (Fsp3) is 0.375. The molecule has 23 heavy (non-hydrogen) atoms. The summed E-state index contributed by atoms with van der Waals surface area (Å²) in [6, 6.07) is 6.05. The molecule has 0 saturated carbocycles. The average molecular weight is 332 g/mol. The molecule has 0 bridgehead atoms. The highest BCUT2D eigenvalue weighted by molar-refractivity contribution is 7.09. The van der Waals surface area contributed by atoms with Crippen LogP contribution in [-0.4, -0.2) is 31.3 Å². The van der Waals surface area contributed by atoms with Crippen molar-refractivity contribution < 1.29 is 9.47 Å². The molecule has 2 aromatic rings. The summed E-state index contributed by atoms with van der Waals surface area (Å²) in [4.78, 5) is 9.71. The van der Waals surface area contributed by atoms with Crippen molar-refractivity contribution in [1.82, 2.24) is 15.6 Å². The molecule has 0 spiro atoms. The molecule has 0 aliphatic carbocycles. The van der Waals surface area contributed by atoms with E-state index >= 15 is 0 Å². The second kappa shape index (κ2) is 7.32. The average Bonchev–Trinajstić information content (AvgIpc) is 3.19. The van der Waals surface area contributed by atoms with E-state index in [1.165, 1.54) is 10.4 Å². The largest absolute Gasteiger partial charge is 0.454 e. The summed E-state index contributed by atoms with van der Waals surface area (Å²) in [6.45, 7) is 3.86. The van der Waals surface area contributed by atoms with Gasteiger partial charge in [-0.05, 0) is 31.0 Å². The third-order valence-corrected chi connectivity index (χ3v) is 4.56. The quantitative estimate of drug-likeness (QED) is 0.648. The number of rotatable bonds is 5. The van der Waals surface area contributed by atoms with E-state index in [2.05, 4.69) is 26.7 Å². The van der Waals surface area contributed by atoms with Gasteiger partial charge in [0.1, 0.15) is 0 Å². The van der Waals surface area contributed by atoms with Crippen molar-refractivity contribution in [3.05, 3.63) is 39.8 Å². The van der Waals surface area contributed by atoms with Gasteiger partial charge in [0.05, 0.1) is 17.7 Å². The van der Waals surface area contributed by atoms with Gasteiger partial charge in [-0.25, -0.2) is 4.98 Å². The molecule has 2 N–H and O–H groups in total. The van der Waals surface area contributed by atoms with Crippen LogP contribution in [0.4, 0.5) is 0 Å². The number of thiazole rings is 1. The number of hydrogen-bond donors (Lipinski definition) is 2. The number of aromatic nitrogens is 1. The number of nitrogens with zero attached hydrogens (tertiary/aromatic N) is 2. The number of ether oxygens (including phenoxy) is 2. The van der Waals surface area contributed by atoms with E-state index in [0.717, 1.165) is 42.7 Å². The highest BCUT2D eigenvalue weighted by atomic mass is 32.1. The molecule has 1 aromatic heterocycles. The molecule has 0 fully saturated rings. The number of nitrogens with one attached hydrogen (secondary N) is 2. The van der Waals surface area contributed by atoms with Gasteiger partial charge in [0.2, 0.25) is 6.79 Å². The van der Waals surface area contributed by atoms with E-state index in [4.69, 9.17) is 9.47 Å². The topological polar surface area (TPSA) is 67.8 Å². The first-order chi connectivity index (χ1) is 11.3. The number of fused-ring (bicyclic) bond motifs is 1. The number of aliphatic imine (C=N–C) groups is 1. The van der Waals surface area contributed by atoms with Gasteiger partial charge in [-0.3, -0.25) is 4.99 Å². The molecule has 1 aliphatic rings. The van der Waals surface area contributed by atoms with Gasteiger partial charge in [0.15, 0.2) is 17.5 Å². The van der Waals surface area contributed by atoms with E-state index in [1.807, 2.05) is 24.6 Å². The molecule has 1 aliphatic heterocycles. The molecule has 0 atom stereocenters. The zero-order valence-corrected chi connectivity index (χ0v) is 14.1. The maximum atomic E-state index is 5.40. The van der Waals surface area contributed by atoms with E-state index in [0.29, 0.717) is 6.79 Å². The molecule has 122 valence electrons. The van der Waals surface area contributed by atoms with Crippen LogP contribution in [0.5, 0.6) is 11.5 Å². The van der Waals surface area contributed by atoms with E-state index in [1.54, 1.807) is 18.4 Å². The minimum atomic E-state index is 0.310. The van der Waals surface area contributed by atoms with Crippen molar-refractivity contribution >= 4 is 17.3 Å². The summed E-state index contributed by atoms with van der Waals surface area (Å²) in [5, 5.41) is 6.62. The Labute approximate surface area is 139 Å². The lowest BCUT2D eigenvalue weighted by Gasteiger charge is -2.11. The molecule has 3 rings (SSSR count). The SMILES string of the molecule is CN=C(NCCc1ccc2c(c1)OCO2)NCc1scnc1C. The molecule has 0 unspecified atom stereocenters. The second-order valence-electron chi connectivity index (χ2n) is 5.15. The molecular weight excluding hydrogens is 312 g/mol. The van der Waals surface area contributed by atoms with Crippen molar-refractivity contribution in [1.29, 1.82) is 0 Å². The zero-order valence-electron chi connectivity index (χ0n) is 13.3.